The van der Waals surface area contributed by atoms with Crippen molar-refractivity contribution in [3.8, 4) is 5.75 Å². The molecule has 1 aromatic carbocycles. The minimum atomic E-state index is 0.0101. The van der Waals surface area contributed by atoms with Crippen molar-refractivity contribution in [3.05, 3.63) is 42.0 Å². The maximum absolute atomic E-state index is 12.1. The number of benzene rings is 1. The second-order valence-corrected chi connectivity index (χ2v) is 4.78. The van der Waals surface area contributed by atoms with E-state index in [1.165, 1.54) is 6.39 Å². The summed E-state index contributed by atoms with van der Waals surface area (Å²) in [5.41, 5.74) is 0.997. The third-order valence-corrected chi connectivity index (χ3v) is 3.51. The Labute approximate surface area is 116 Å². The molecule has 1 aliphatic heterocycles. The predicted octanol–water partition coefficient (Wildman–Crippen LogP) is 1.59. The molecule has 1 aliphatic rings. The molecule has 2 heterocycles. The molecule has 1 aromatic heterocycles. The van der Waals surface area contributed by atoms with Crippen LogP contribution in [0.25, 0.3) is 0 Å². The van der Waals surface area contributed by atoms with Crippen molar-refractivity contribution in [2.75, 3.05) is 13.7 Å². The first-order valence-corrected chi connectivity index (χ1v) is 6.44. The van der Waals surface area contributed by atoms with Crippen molar-refractivity contribution in [1.82, 2.24) is 15.0 Å². The van der Waals surface area contributed by atoms with E-state index in [1.54, 1.807) is 12.0 Å². The number of amides is 1. The molecule has 2 aromatic rings. The van der Waals surface area contributed by atoms with Crippen molar-refractivity contribution >= 4 is 5.91 Å². The second-order valence-electron chi connectivity index (χ2n) is 4.78. The summed E-state index contributed by atoms with van der Waals surface area (Å²) in [6.45, 7) is 1.15. The van der Waals surface area contributed by atoms with E-state index in [4.69, 9.17) is 9.26 Å². The number of ether oxygens (including phenoxy) is 1. The van der Waals surface area contributed by atoms with Gasteiger partial charge in [-0.15, -0.1) is 0 Å². The Hall–Kier alpha value is -2.37. The van der Waals surface area contributed by atoms with Gasteiger partial charge < -0.3 is 14.2 Å². The third kappa shape index (κ3) is 2.36. The van der Waals surface area contributed by atoms with Gasteiger partial charge in [-0.05, 0) is 6.07 Å². The van der Waals surface area contributed by atoms with Crippen molar-refractivity contribution < 1.29 is 14.1 Å². The monoisotopic (exact) mass is 273 g/mol. The van der Waals surface area contributed by atoms with Crippen LogP contribution in [-0.4, -0.2) is 34.6 Å². The fourth-order valence-electron chi connectivity index (χ4n) is 2.50. The van der Waals surface area contributed by atoms with Crippen LogP contribution in [0.4, 0.5) is 0 Å². The number of hydrogen-bond donors (Lipinski definition) is 0. The minimum absolute atomic E-state index is 0.0101. The van der Waals surface area contributed by atoms with Crippen LogP contribution in [0.1, 0.15) is 23.7 Å². The summed E-state index contributed by atoms with van der Waals surface area (Å²) in [6.07, 6.45) is 1.72. The molecule has 6 nitrogen and oxygen atoms in total. The summed E-state index contributed by atoms with van der Waals surface area (Å²) in [7, 11) is 1.63. The van der Waals surface area contributed by atoms with Gasteiger partial charge in [-0.3, -0.25) is 4.79 Å². The molecule has 1 unspecified atom stereocenters. The van der Waals surface area contributed by atoms with Crippen LogP contribution in [0.5, 0.6) is 5.75 Å². The van der Waals surface area contributed by atoms with Gasteiger partial charge in [0, 0.05) is 31.0 Å². The Kier molecular flexibility index (Phi) is 3.37. The van der Waals surface area contributed by atoms with Gasteiger partial charge in [0.15, 0.2) is 5.82 Å². The lowest BCUT2D eigenvalue weighted by Crippen LogP contribution is -2.24. The van der Waals surface area contributed by atoms with E-state index in [0.29, 0.717) is 25.3 Å². The van der Waals surface area contributed by atoms with Gasteiger partial charge in [0.2, 0.25) is 12.3 Å². The number of carbonyl (C=O) groups excluding carboxylic acids is 1. The van der Waals surface area contributed by atoms with Crippen molar-refractivity contribution in [1.29, 1.82) is 0 Å². The fourth-order valence-corrected chi connectivity index (χ4v) is 2.50. The average Bonchev–Trinajstić information content (AvgIpc) is 3.10. The summed E-state index contributed by atoms with van der Waals surface area (Å²) in [4.78, 5) is 17.9. The summed E-state index contributed by atoms with van der Waals surface area (Å²) >= 11 is 0. The molecule has 0 saturated carbocycles. The lowest BCUT2D eigenvalue weighted by molar-refractivity contribution is -0.128. The zero-order chi connectivity index (χ0) is 13.9. The van der Waals surface area contributed by atoms with Gasteiger partial charge >= 0.3 is 0 Å². The zero-order valence-electron chi connectivity index (χ0n) is 11.2. The lowest BCUT2D eigenvalue weighted by atomic mass is 10.1. The number of methoxy groups -OCH3 is 1. The summed E-state index contributed by atoms with van der Waals surface area (Å²) in [5.74, 6) is 1.51. The first-order chi connectivity index (χ1) is 9.78. The van der Waals surface area contributed by atoms with Crippen LogP contribution in [0, 0.1) is 0 Å². The Morgan fingerprint density at radius 2 is 2.30 bits per heavy atom. The molecule has 0 N–H and O–H groups in total. The molecule has 0 aliphatic carbocycles. The van der Waals surface area contributed by atoms with Gasteiger partial charge in [0.05, 0.1) is 7.11 Å². The van der Waals surface area contributed by atoms with Crippen LogP contribution in [0.2, 0.25) is 0 Å². The predicted molar refractivity (Wildman–Crippen MR) is 70.1 cm³/mol. The maximum Gasteiger partial charge on any atom is 0.223 e. The highest BCUT2D eigenvalue weighted by atomic mass is 16.5. The van der Waals surface area contributed by atoms with E-state index in [0.717, 1.165) is 11.3 Å². The largest absolute Gasteiger partial charge is 0.496 e. The number of nitrogens with zero attached hydrogens (tertiary/aromatic N) is 3. The molecule has 0 radical (unpaired) electrons. The molecular weight excluding hydrogens is 258 g/mol. The van der Waals surface area contributed by atoms with Crippen LogP contribution in [-0.2, 0) is 11.3 Å². The molecule has 0 spiro atoms. The van der Waals surface area contributed by atoms with E-state index in [9.17, 15) is 4.79 Å². The quantitative estimate of drug-likeness (QED) is 0.846. The normalized spacial score (nSPS) is 18.6. The van der Waals surface area contributed by atoms with E-state index >= 15 is 0 Å². The van der Waals surface area contributed by atoms with Crippen molar-refractivity contribution in [3.63, 3.8) is 0 Å². The van der Waals surface area contributed by atoms with Gasteiger partial charge in [0.25, 0.3) is 0 Å². The number of para-hydroxylation sites is 1. The zero-order valence-corrected chi connectivity index (χ0v) is 11.2. The Balaban J connectivity index is 1.74. The van der Waals surface area contributed by atoms with E-state index in [2.05, 4.69) is 10.1 Å². The number of rotatable bonds is 4. The molecule has 1 atom stereocenters. The topological polar surface area (TPSA) is 68.5 Å². The molecule has 3 rings (SSSR count). The maximum atomic E-state index is 12.1. The highest BCUT2D eigenvalue weighted by Gasteiger charge is 2.33. The smallest absolute Gasteiger partial charge is 0.223 e. The molecule has 104 valence electrons. The molecule has 6 heteroatoms. The number of hydrogen-bond acceptors (Lipinski definition) is 5. The number of carbonyl (C=O) groups is 1. The summed E-state index contributed by atoms with van der Waals surface area (Å²) < 4.78 is 10.1. The van der Waals surface area contributed by atoms with Crippen molar-refractivity contribution in [2.24, 2.45) is 0 Å². The first kappa shape index (κ1) is 12.7. The molecule has 20 heavy (non-hydrogen) atoms. The minimum Gasteiger partial charge on any atom is -0.496 e. The molecule has 1 amide bonds. The number of likely N-dealkylation sites (tertiary alicyclic amines) is 1. The highest BCUT2D eigenvalue weighted by molar-refractivity contribution is 5.79. The van der Waals surface area contributed by atoms with E-state index < -0.39 is 0 Å². The first-order valence-electron chi connectivity index (χ1n) is 6.44. The van der Waals surface area contributed by atoms with Gasteiger partial charge in [0.1, 0.15) is 5.75 Å². The summed E-state index contributed by atoms with van der Waals surface area (Å²) in [6, 6.07) is 7.71. The highest BCUT2D eigenvalue weighted by Crippen LogP contribution is 2.28. The number of aromatic nitrogens is 2. The van der Waals surface area contributed by atoms with Crippen LogP contribution < -0.4 is 4.74 Å². The molecule has 0 bridgehead atoms. The fraction of sp³-hybridized carbons (Fsp3) is 0.357. The van der Waals surface area contributed by atoms with Gasteiger partial charge in [-0.1, -0.05) is 23.4 Å². The SMILES string of the molecule is COc1ccccc1CN1CC(c2ncon2)CC1=O. The van der Waals surface area contributed by atoms with Crippen LogP contribution in [0.15, 0.2) is 35.2 Å². The van der Waals surface area contributed by atoms with Gasteiger partial charge in [-0.2, -0.15) is 4.98 Å². The molecule has 1 fully saturated rings. The van der Waals surface area contributed by atoms with Crippen LogP contribution >= 0.6 is 0 Å². The molecular formula is C14H15N3O3. The van der Waals surface area contributed by atoms with Crippen molar-refractivity contribution in [2.45, 2.75) is 18.9 Å². The Morgan fingerprint density at radius 3 is 3.05 bits per heavy atom. The molecule has 1 saturated heterocycles. The van der Waals surface area contributed by atoms with E-state index in [-0.39, 0.29) is 11.8 Å². The third-order valence-electron chi connectivity index (χ3n) is 3.51. The Bertz CT molecular complexity index is 597. The Morgan fingerprint density at radius 1 is 1.45 bits per heavy atom. The lowest BCUT2D eigenvalue weighted by Gasteiger charge is -2.17. The van der Waals surface area contributed by atoms with E-state index in [1.807, 2.05) is 24.3 Å². The summed E-state index contributed by atoms with van der Waals surface area (Å²) in [5, 5.41) is 3.82. The second kappa shape index (κ2) is 5.32. The van der Waals surface area contributed by atoms with Crippen LogP contribution in [0.3, 0.4) is 0 Å². The average molecular weight is 273 g/mol. The standard InChI is InChI=1S/C14H15N3O3/c1-19-12-5-3-2-4-10(12)7-17-8-11(6-13(17)18)14-15-9-20-16-14/h2-5,9,11H,6-8H2,1H3. The van der Waals surface area contributed by atoms with Gasteiger partial charge in [-0.25, -0.2) is 0 Å².